The molecule has 7 heteroatoms. The minimum Gasteiger partial charge on any atom is -0.460 e. The summed E-state index contributed by atoms with van der Waals surface area (Å²) in [6.07, 6.45) is 4.07. The second-order valence-electron chi connectivity index (χ2n) is 7.00. The minimum atomic E-state index is -0.119. The van der Waals surface area contributed by atoms with Crippen LogP contribution in [0.3, 0.4) is 0 Å². The number of aromatic nitrogens is 2. The zero-order chi connectivity index (χ0) is 18.6. The van der Waals surface area contributed by atoms with E-state index < -0.39 is 0 Å². The number of hydrogen-bond donors (Lipinski definition) is 2. The average Bonchev–Trinajstić information content (AvgIpc) is 3.34. The molecule has 4 rings (SSSR count). The van der Waals surface area contributed by atoms with Gasteiger partial charge in [0.1, 0.15) is 11.5 Å². The van der Waals surface area contributed by atoms with E-state index in [9.17, 15) is 4.79 Å². The molecule has 28 heavy (non-hydrogen) atoms. The lowest BCUT2D eigenvalue weighted by Crippen LogP contribution is -2.38. The lowest BCUT2D eigenvalue weighted by Gasteiger charge is -2.22. The van der Waals surface area contributed by atoms with Crippen molar-refractivity contribution in [2.75, 3.05) is 19.6 Å². The highest BCUT2D eigenvalue weighted by Crippen LogP contribution is 2.25. The van der Waals surface area contributed by atoms with Crippen LogP contribution in [-0.4, -0.2) is 35.3 Å². The molecule has 3 heterocycles. The van der Waals surface area contributed by atoms with Gasteiger partial charge in [0.25, 0.3) is 5.91 Å². The van der Waals surface area contributed by atoms with Gasteiger partial charge in [-0.1, -0.05) is 18.2 Å². The molecule has 0 saturated carbocycles. The zero-order valence-electron chi connectivity index (χ0n) is 15.9. The maximum atomic E-state index is 12.9. The van der Waals surface area contributed by atoms with Crippen LogP contribution >= 0.6 is 12.4 Å². The number of amides is 1. The number of benzene rings is 1. The maximum absolute atomic E-state index is 12.9. The molecule has 0 aliphatic carbocycles. The number of hydrogen-bond acceptors (Lipinski definition) is 4. The number of para-hydroxylation sites is 1. The Kier molecular flexibility index (Phi) is 6.54. The fraction of sp³-hybridized carbons (Fsp3) is 0.333. The lowest BCUT2D eigenvalue weighted by atomic mass is 9.99. The van der Waals surface area contributed by atoms with Gasteiger partial charge in [-0.05, 0) is 63.0 Å². The molecule has 3 aromatic rings. The summed E-state index contributed by atoms with van der Waals surface area (Å²) in [5, 5.41) is 11.1. The van der Waals surface area contributed by atoms with Gasteiger partial charge < -0.3 is 15.1 Å². The third-order valence-electron chi connectivity index (χ3n) is 4.90. The number of furan rings is 1. The van der Waals surface area contributed by atoms with Crippen molar-refractivity contribution >= 4 is 18.3 Å². The van der Waals surface area contributed by atoms with Crippen LogP contribution in [0.2, 0.25) is 0 Å². The van der Waals surface area contributed by atoms with Gasteiger partial charge in [-0.3, -0.25) is 4.79 Å². The summed E-state index contributed by atoms with van der Waals surface area (Å²) >= 11 is 0. The van der Waals surface area contributed by atoms with Gasteiger partial charge in [0.15, 0.2) is 5.76 Å². The Balaban J connectivity index is 0.00000225. The Labute approximate surface area is 170 Å². The largest absolute Gasteiger partial charge is 0.460 e. The Bertz CT molecular complexity index is 914. The van der Waals surface area contributed by atoms with Gasteiger partial charge in [-0.2, -0.15) is 5.10 Å². The molecule has 1 aromatic carbocycles. The van der Waals surface area contributed by atoms with Crippen molar-refractivity contribution < 1.29 is 9.21 Å². The van der Waals surface area contributed by atoms with E-state index in [2.05, 4.69) is 15.7 Å². The standard InChI is InChI=1S/C21H24N4O2.ClH/c1-15-9-10-19(27-15)20-18(14-25(24-20)17-7-3-2-4-8-17)21(26)23-13-16-6-5-11-22-12-16;/h2-4,7-10,14,16,22H,5-6,11-13H2,1H3,(H,23,26);1H. The minimum absolute atomic E-state index is 0. The molecule has 0 radical (unpaired) electrons. The normalized spacial score (nSPS) is 16.4. The number of carbonyl (C=O) groups excluding carboxylic acids is 1. The van der Waals surface area contributed by atoms with Crippen LogP contribution in [0.5, 0.6) is 0 Å². The van der Waals surface area contributed by atoms with E-state index >= 15 is 0 Å². The molecular formula is C21H25ClN4O2. The SMILES string of the molecule is Cc1ccc(-c2nn(-c3ccccc3)cc2C(=O)NCC2CCCNC2)o1.Cl. The van der Waals surface area contributed by atoms with E-state index in [1.807, 2.05) is 49.4 Å². The van der Waals surface area contributed by atoms with Crippen molar-refractivity contribution in [2.24, 2.45) is 5.92 Å². The second-order valence-corrected chi connectivity index (χ2v) is 7.00. The van der Waals surface area contributed by atoms with Crippen LogP contribution in [0.15, 0.2) is 53.1 Å². The Morgan fingerprint density at radius 1 is 1.29 bits per heavy atom. The monoisotopic (exact) mass is 400 g/mol. The van der Waals surface area contributed by atoms with Crippen LogP contribution in [0, 0.1) is 12.8 Å². The van der Waals surface area contributed by atoms with Crippen molar-refractivity contribution in [2.45, 2.75) is 19.8 Å². The van der Waals surface area contributed by atoms with Crippen LogP contribution in [0.25, 0.3) is 17.1 Å². The first-order valence-electron chi connectivity index (χ1n) is 9.41. The van der Waals surface area contributed by atoms with E-state index in [1.54, 1.807) is 10.9 Å². The zero-order valence-corrected chi connectivity index (χ0v) is 16.7. The highest BCUT2D eigenvalue weighted by atomic mass is 35.5. The summed E-state index contributed by atoms with van der Waals surface area (Å²) in [6.45, 7) is 4.57. The molecule has 1 aliphatic rings. The molecule has 148 valence electrons. The van der Waals surface area contributed by atoms with Crippen molar-refractivity contribution in [3.63, 3.8) is 0 Å². The number of halogens is 1. The Morgan fingerprint density at radius 3 is 2.79 bits per heavy atom. The predicted molar refractivity (Wildman–Crippen MR) is 111 cm³/mol. The maximum Gasteiger partial charge on any atom is 0.255 e. The van der Waals surface area contributed by atoms with Crippen molar-refractivity contribution in [3.8, 4) is 17.1 Å². The smallest absolute Gasteiger partial charge is 0.255 e. The second kappa shape index (κ2) is 9.08. The number of carbonyl (C=O) groups is 1. The van der Waals surface area contributed by atoms with E-state index in [1.165, 1.54) is 0 Å². The van der Waals surface area contributed by atoms with E-state index in [0.29, 0.717) is 29.5 Å². The summed E-state index contributed by atoms with van der Waals surface area (Å²) in [6, 6.07) is 13.5. The quantitative estimate of drug-likeness (QED) is 0.686. The van der Waals surface area contributed by atoms with Crippen molar-refractivity contribution in [1.29, 1.82) is 0 Å². The van der Waals surface area contributed by atoms with Gasteiger partial charge in [0.2, 0.25) is 0 Å². The van der Waals surface area contributed by atoms with E-state index in [4.69, 9.17) is 4.42 Å². The molecule has 0 bridgehead atoms. The Hall–Kier alpha value is -2.57. The highest BCUT2D eigenvalue weighted by Gasteiger charge is 2.22. The molecule has 2 N–H and O–H groups in total. The number of rotatable bonds is 5. The fourth-order valence-corrected chi connectivity index (χ4v) is 3.43. The molecule has 1 atom stereocenters. The number of aryl methyl sites for hydroxylation is 1. The van der Waals surface area contributed by atoms with E-state index in [0.717, 1.165) is 37.4 Å². The first kappa shape index (κ1) is 20.2. The van der Waals surface area contributed by atoms with Crippen LogP contribution in [0.1, 0.15) is 29.0 Å². The summed E-state index contributed by atoms with van der Waals surface area (Å²) in [5.41, 5.74) is 1.99. The van der Waals surface area contributed by atoms with Gasteiger partial charge in [0.05, 0.1) is 11.3 Å². The third-order valence-corrected chi connectivity index (χ3v) is 4.90. The number of nitrogens with one attached hydrogen (secondary N) is 2. The first-order chi connectivity index (χ1) is 13.2. The van der Waals surface area contributed by atoms with Gasteiger partial charge >= 0.3 is 0 Å². The predicted octanol–water partition coefficient (Wildman–Crippen LogP) is 3.59. The van der Waals surface area contributed by atoms with Crippen molar-refractivity contribution in [1.82, 2.24) is 20.4 Å². The van der Waals surface area contributed by atoms with Gasteiger partial charge in [0, 0.05) is 12.7 Å². The lowest BCUT2D eigenvalue weighted by molar-refractivity contribution is 0.0945. The van der Waals surface area contributed by atoms with Crippen LogP contribution in [-0.2, 0) is 0 Å². The molecule has 1 unspecified atom stereocenters. The summed E-state index contributed by atoms with van der Waals surface area (Å²) in [4.78, 5) is 12.9. The molecule has 0 spiro atoms. The van der Waals surface area contributed by atoms with Gasteiger partial charge in [-0.15, -0.1) is 12.4 Å². The molecule has 1 aliphatic heterocycles. The Morgan fingerprint density at radius 2 is 2.11 bits per heavy atom. The number of piperidine rings is 1. The fourth-order valence-electron chi connectivity index (χ4n) is 3.43. The van der Waals surface area contributed by atoms with Crippen LogP contribution < -0.4 is 10.6 Å². The molecule has 1 amide bonds. The topological polar surface area (TPSA) is 72.1 Å². The molecule has 1 fully saturated rings. The average molecular weight is 401 g/mol. The highest BCUT2D eigenvalue weighted by molar-refractivity contribution is 5.99. The number of nitrogens with zero attached hydrogens (tertiary/aromatic N) is 2. The van der Waals surface area contributed by atoms with E-state index in [-0.39, 0.29) is 18.3 Å². The summed E-state index contributed by atoms with van der Waals surface area (Å²) in [5.74, 6) is 1.75. The van der Waals surface area contributed by atoms with Crippen LogP contribution in [0.4, 0.5) is 0 Å². The summed E-state index contributed by atoms with van der Waals surface area (Å²) < 4.78 is 7.46. The van der Waals surface area contributed by atoms with Gasteiger partial charge in [-0.25, -0.2) is 4.68 Å². The third kappa shape index (κ3) is 4.46. The molecular weight excluding hydrogens is 376 g/mol. The molecule has 1 saturated heterocycles. The first-order valence-corrected chi connectivity index (χ1v) is 9.41. The molecule has 2 aromatic heterocycles. The van der Waals surface area contributed by atoms with Crippen molar-refractivity contribution in [3.05, 3.63) is 60.0 Å². The molecule has 6 nitrogen and oxygen atoms in total. The summed E-state index contributed by atoms with van der Waals surface area (Å²) in [7, 11) is 0.